The van der Waals surface area contributed by atoms with Crippen LogP contribution in [0.4, 0.5) is 0 Å². The van der Waals surface area contributed by atoms with Gasteiger partial charge in [0.25, 0.3) is 0 Å². The van der Waals surface area contributed by atoms with E-state index in [0.29, 0.717) is 17.6 Å². The molecule has 1 aliphatic rings. The Morgan fingerprint density at radius 1 is 1.33 bits per heavy atom. The van der Waals surface area contributed by atoms with Crippen LogP contribution < -0.4 is 5.63 Å². The number of aliphatic hydroxyl groups excluding tert-OH is 1. The SMILES string of the molecule is CC(O)CC1OC1=C=CC=Cc1cc2cc(O)cc(O)c2c(=O)o1. The molecule has 2 unspecified atom stereocenters. The molecule has 6 heteroatoms. The highest BCUT2D eigenvalue weighted by Gasteiger charge is 2.33. The Kier molecular flexibility index (Phi) is 4.16. The van der Waals surface area contributed by atoms with E-state index < -0.39 is 11.7 Å². The number of epoxide rings is 1. The number of hydrogen-bond acceptors (Lipinski definition) is 6. The zero-order valence-corrected chi connectivity index (χ0v) is 12.9. The number of allylic oxidation sites excluding steroid dienone is 1. The predicted octanol–water partition coefficient (Wildman–Crippen LogP) is 2.43. The molecule has 1 aliphatic heterocycles. The summed E-state index contributed by atoms with van der Waals surface area (Å²) in [6.45, 7) is 1.69. The Hall–Kier alpha value is -2.95. The molecule has 2 atom stereocenters. The van der Waals surface area contributed by atoms with Gasteiger partial charge in [-0.15, -0.1) is 0 Å². The molecule has 24 heavy (non-hydrogen) atoms. The van der Waals surface area contributed by atoms with E-state index in [0.717, 1.165) is 6.07 Å². The molecule has 0 radical (unpaired) electrons. The highest BCUT2D eigenvalue weighted by Crippen LogP contribution is 2.30. The normalized spacial score (nSPS) is 17.6. The van der Waals surface area contributed by atoms with Crippen molar-refractivity contribution in [2.75, 3.05) is 0 Å². The van der Waals surface area contributed by atoms with Gasteiger partial charge in [0.2, 0.25) is 0 Å². The number of rotatable bonds is 4. The average Bonchev–Trinajstić information content (AvgIpc) is 3.19. The molecular weight excluding hydrogens is 312 g/mol. The van der Waals surface area contributed by atoms with Gasteiger partial charge in [0, 0.05) is 17.9 Å². The standard InChI is InChI=1S/C18H16O6/c1-10(19)6-16-15(24-16)5-3-2-4-13-8-11-7-12(20)9-14(21)17(11)18(22)23-13/h2-4,7-10,16,19-21H,6H2,1H3. The number of fused-ring (bicyclic) bond motifs is 1. The van der Waals surface area contributed by atoms with E-state index in [1.54, 1.807) is 25.2 Å². The van der Waals surface area contributed by atoms with Crippen molar-refractivity contribution < 1.29 is 24.5 Å². The Bertz CT molecular complexity index is 928. The molecule has 3 rings (SSSR count). The molecule has 0 spiro atoms. The fourth-order valence-corrected chi connectivity index (χ4v) is 2.38. The van der Waals surface area contributed by atoms with Gasteiger partial charge in [-0.2, -0.15) is 0 Å². The number of phenolic OH excluding ortho intramolecular Hbond substituents is 2. The molecule has 1 aromatic heterocycles. The van der Waals surface area contributed by atoms with Crippen LogP contribution >= 0.6 is 0 Å². The topological polar surface area (TPSA) is 103 Å². The third kappa shape index (κ3) is 3.51. The fraction of sp³-hybridized carbons (Fsp3) is 0.222. The summed E-state index contributed by atoms with van der Waals surface area (Å²) in [4.78, 5) is 11.9. The summed E-state index contributed by atoms with van der Waals surface area (Å²) >= 11 is 0. The Morgan fingerprint density at radius 3 is 2.88 bits per heavy atom. The smallest absolute Gasteiger partial charge is 0.347 e. The molecule has 0 bridgehead atoms. The third-order valence-corrected chi connectivity index (χ3v) is 3.49. The van der Waals surface area contributed by atoms with Gasteiger partial charge in [-0.25, -0.2) is 4.79 Å². The predicted molar refractivity (Wildman–Crippen MR) is 87.6 cm³/mol. The molecule has 2 aromatic rings. The molecule has 1 aromatic carbocycles. The highest BCUT2D eigenvalue weighted by molar-refractivity contribution is 5.89. The zero-order chi connectivity index (χ0) is 17.3. The van der Waals surface area contributed by atoms with Crippen LogP contribution in [0.2, 0.25) is 0 Å². The van der Waals surface area contributed by atoms with E-state index in [-0.39, 0.29) is 28.7 Å². The third-order valence-electron chi connectivity index (χ3n) is 3.49. The lowest BCUT2D eigenvalue weighted by Crippen LogP contribution is -2.02. The molecule has 3 N–H and O–H groups in total. The van der Waals surface area contributed by atoms with Crippen molar-refractivity contribution >= 4 is 16.8 Å². The van der Waals surface area contributed by atoms with E-state index in [1.807, 2.05) is 0 Å². The summed E-state index contributed by atoms with van der Waals surface area (Å²) in [5, 5.41) is 28.8. The lowest BCUT2D eigenvalue weighted by molar-refractivity contribution is 0.170. The Labute approximate surface area is 137 Å². The van der Waals surface area contributed by atoms with Gasteiger partial charge in [0.15, 0.2) is 11.9 Å². The van der Waals surface area contributed by atoms with E-state index in [1.165, 1.54) is 12.1 Å². The van der Waals surface area contributed by atoms with Crippen molar-refractivity contribution in [3.05, 3.63) is 58.0 Å². The molecule has 0 aliphatic carbocycles. The summed E-state index contributed by atoms with van der Waals surface area (Å²) in [6.07, 6.45) is 4.82. The van der Waals surface area contributed by atoms with Gasteiger partial charge in [-0.3, -0.25) is 0 Å². The molecule has 0 amide bonds. The number of benzene rings is 1. The number of phenols is 2. The van der Waals surface area contributed by atoms with E-state index in [4.69, 9.17) is 9.15 Å². The second kappa shape index (κ2) is 6.28. The van der Waals surface area contributed by atoms with Crippen molar-refractivity contribution in [3.63, 3.8) is 0 Å². The zero-order valence-electron chi connectivity index (χ0n) is 12.9. The molecular formula is C18H16O6. The minimum Gasteiger partial charge on any atom is -0.508 e. The first-order chi connectivity index (χ1) is 11.4. The largest absolute Gasteiger partial charge is 0.508 e. The first-order valence-corrected chi connectivity index (χ1v) is 7.42. The van der Waals surface area contributed by atoms with Crippen LogP contribution in [0.3, 0.4) is 0 Å². The molecule has 2 heterocycles. The van der Waals surface area contributed by atoms with Crippen LogP contribution in [0.5, 0.6) is 11.5 Å². The van der Waals surface area contributed by atoms with E-state index in [2.05, 4.69) is 5.73 Å². The maximum Gasteiger partial charge on any atom is 0.347 e. The monoisotopic (exact) mass is 328 g/mol. The minimum atomic E-state index is -0.686. The molecule has 1 fully saturated rings. The van der Waals surface area contributed by atoms with Crippen LogP contribution in [0.25, 0.3) is 16.8 Å². The van der Waals surface area contributed by atoms with Crippen LogP contribution in [0, 0.1) is 0 Å². The second-order valence-corrected chi connectivity index (χ2v) is 5.59. The summed E-state index contributed by atoms with van der Waals surface area (Å²) in [7, 11) is 0. The van der Waals surface area contributed by atoms with Crippen molar-refractivity contribution in [1.29, 1.82) is 0 Å². The molecule has 1 saturated heterocycles. The van der Waals surface area contributed by atoms with E-state index >= 15 is 0 Å². The molecule has 124 valence electrons. The number of ether oxygens (including phenoxy) is 1. The molecule has 6 nitrogen and oxygen atoms in total. The van der Waals surface area contributed by atoms with Gasteiger partial charge in [0.1, 0.15) is 22.6 Å². The van der Waals surface area contributed by atoms with Crippen molar-refractivity contribution in [2.45, 2.75) is 25.6 Å². The van der Waals surface area contributed by atoms with Crippen LogP contribution in [0.1, 0.15) is 19.1 Å². The van der Waals surface area contributed by atoms with Gasteiger partial charge in [0.05, 0.1) is 6.10 Å². The highest BCUT2D eigenvalue weighted by atomic mass is 16.6. The summed E-state index contributed by atoms with van der Waals surface area (Å²) in [5.74, 6) is 0.488. The average molecular weight is 328 g/mol. The fourth-order valence-electron chi connectivity index (χ4n) is 2.38. The summed E-state index contributed by atoms with van der Waals surface area (Å²) < 4.78 is 10.3. The van der Waals surface area contributed by atoms with Gasteiger partial charge >= 0.3 is 5.63 Å². The maximum absolute atomic E-state index is 11.9. The maximum atomic E-state index is 11.9. The summed E-state index contributed by atoms with van der Waals surface area (Å²) in [5.41, 5.74) is 2.24. The summed E-state index contributed by atoms with van der Waals surface area (Å²) in [6, 6.07) is 4.00. The number of aromatic hydroxyl groups is 2. The van der Waals surface area contributed by atoms with Gasteiger partial charge < -0.3 is 24.5 Å². The van der Waals surface area contributed by atoms with Crippen LogP contribution in [-0.4, -0.2) is 27.5 Å². The Morgan fingerprint density at radius 2 is 2.12 bits per heavy atom. The lowest BCUT2D eigenvalue weighted by atomic mass is 10.1. The first kappa shape index (κ1) is 15.9. The number of aliphatic hydroxyl groups is 1. The first-order valence-electron chi connectivity index (χ1n) is 7.42. The van der Waals surface area contributed by atoms with Crippen molar-refractivity contribution in [1.82, 2.24) is 0 Å². The van der Waals surface area contributed by atoms with Crippen molar-refractivity contribution in [3.8, 4) is 11.5 Å². The second-order valence-electron chi connectivity index (χ2n) is 5.59. The van der Waals surface area contributed by atoms with E-state index in [9.17, 15) is 20.1 Å². The van der Waals surface area contributed by atoms with Gasteiger partial charge in [-0.1, -0.05) is 11.8 Å². The van der Waals surface area contributed by atoms with Gasteiger partial charge in [-0.05, 0) is 31.2 Å². The van der Waals surface area contributed by atoms with Crippen LogP contribution in [0.15, 0.2) is 51.1 Å². The number of hydrogen-bond donors (Lipinski definition) is 3. The van der Waals surface area contributed by atoms with Crippen molar-refractivity contribution in [2.24, 2.45) is 0 Å². The molecule has 0 saturated carbocycles. The van der Waals surface area contributed by atoms with Crippen LogP contribution in [-0.2, 0) is 4.74 Å². The lowest BCUT2D eigenvalue weighted by Gasteiger charge is -2.01. The Balaban J connectivity index is 1.81. The quantitative estimate of drug-likeness (QED) is 0.452. The minimum absolute atomic E-state index is 0.0231.